The molecule has 0 saturated carbocycles. The van der Waals surface area contributed by atoms with Crippen LogP contribution in [0.2, 0.25) is 0 Å². The van der Waals surface area contributed by atoms with Crippen LogP contribution in [0, 0.1) is 0 Å². The molecule has 35 heavy (non-hydrogen) atoms. The highest BCUT2D eigenvalue weighted by atomic mass is 32.2. The van der Waals surface area contributed by atoms with Crippen molar-refractivity contribution in [2.45, 2.75) is 19.6 Å². The molecule has 0 atom stereocenters. The van der Waals surface area contributed by atoms with Crippen LogP contribution in [0.4, 0.5) is 0 Å². The standard InChI is InChI=1S/C28H22O4S3/c1-31-25-9-5-3-7-23(25)27(29)34-21-15-11-19(12-16-21)33-20-13-17-22(18-14-20)35-28(30)24-8-4-6-10-26(24)32-2/h3-18H,1-2H3. The van der Waals surface area contributed by atoms with Gasteiger partial charge < -0.3 is 9.47 Å². The summed E-state index contributed by atoms with van der Waals surface area (Å²) in [6.07, 6.45) is 0. The van der Waals surface area contributed by atoms with Gasteiger partial charge in [0.05, 0.1) is 25.3 Å². The van der Waals surface area contributed by atoms with Crippen molar-refractivity contribution in [3.8, 4) is 11.5 Å². The minimum atomic E-state index is -0.0568. The molecule has 0 bridgehead atoms. The molecule has 0 spiro atoms. The van der Waals surface area contributed by atoms with E-state index in [4.69, 9.17) is 9.47 Å². The van der Waals surface area contributed by atoms with E-state index in [1.807, 2.05) is 72.8 Å². The van der Waals surface area contributed by atoms with Gasteiger partial charge in [0.2, 0.25) is 10.2 Å². The fraction of sp³-hybridized carbons (Fsp3) is 0.0714. The van der Waals surface area contributed by atoms with E-state index in [2.05, 4.69) is 0 Å². The van der Waals surface area contributed by atoms with Gasteiger partial charge in [-0.3, -0.25) is 9.59 Å². The first-order chi connectivity index (χ1) is 17.1. The molecule has 0 N–H and O–H groups in total. The molecule has 0 saturated heterocycles. The minimum Gasteiger partial charge on any atom is -0.496 e. The summed E-state index contributed by atoms with van der Waals surface area (Å²) in [6.45, 7) is 0. The third-order valence-electron chi connectivity index (χ3n) is 4.96. The molecule has 0 aliphatic heterocycles. The summed E-state index contributed by atoms with van der Waals surface area (Å²) in [6, 6.07) is 30.2. The molecule has 7 heteroatoms. The quantitative estimate of drug-likeness (QED) is 0.221. The van der Waals surface area contributed by atoms with Gasteiger partial charge in [0.25, 0.3) is 0 Å². The fourth-order valence-electron chi connectivity index (χ4n) is 3.24. The largest absolute Gasteiger partial charge is 0.496 e. The number of carbonyl (C=O) groups excluding carboxylic acids is 2. The van der Waals surface area contributed by atoms with Crippen LogP contribution in [0.25, 0.3) is 0 Å². The van der Waals surface area contributed by atoms with Crippen molar-refractivity contribution in [3.63, 3.8) is 0 Å². The topological polar surface area (TPSA) is 52.6 Å². The highest BCUT2D eigenvalue weighted by Gasteiger charge is 2.14. The number of thioether (sulfide) groups is 2. The number of hydrogen-bond acceptors (Lipinski definition) is 7. The van der Waals surface area contributed by atoms with Gasteiger partial charge in [0.15, 0.2) is 0 Å². The molecule has 0 fully saturated rings. The second-order valence-electron chi connectivity index (χ2n) is 7.22. The zero-order valence-corrected chi connectivity index (χ0v) is 21.5. The molecule has 4 aromatic carbocycles. The van der Waals surface area contributed by atoms with Gasteiger partial charge in [-0.05, 0) is 96.3 Å². The summed E-state index contributed by atoms with van der Waals surface area (Å²) < 4.78 is 10.6. The number of hydrogen-bond donors (Lipinski definition) is 0. The van der Waals surface area contributed by atoms with E-state index in [-0.39, 0.29) is 10.2 Å². The molecule has 0 unspecified atom stereocenters. The number of rotatable bonds is 8. The molecule has 176 valence electrons. The average Bonchev–Trinajstić information content (AvgIpc) is 2.90. The Morgan fingerprint density at radius 3 is 1.23 bits per heavy atom. The Balaban J connectivity index is 1.36. The molecular formula is C28H22O4S3. The van der Waals surface area contributed by atoms with Crippen LogP contribution in [-0.4, -0.2) is 24.5 Å². The summed E-state index contributed by atoms with van der Waals surface area (Å²) in [7, 11) is 3.12. The van der Waals surface area contributed by atoms with Crippen LogP contribution in [0.3, 0.4) is 0 Å². The second kappa shape index (κ2) is 12.0. The van der Waals surface area contributed by atoms with Gasteiger partial charge in [-0.1, -0.05) is 36.0 Å². The molecule has 0 aliphatic carbocycles. The smallest absolute Gasteiger partial charge is 0.227 e. The van der Waals surface area contributed by atoms with Crippen LogP contribution in [0.1, 0.15) is 20.7 Å². The van der Waals surface area contributed by atoms with Gasteiger partial charge >= 0.3 is 0 Å². The van der Waals surface area contributed by atoms with E-state index in [1.54, 1.807) is 50.2 Å². The normalized spacial score (nSPS) is 10.6. The molecule has 0 aliphatic rings. The maximum Gasteiger partial charge on any atom is 0.227 e. The summed E-state index contributed by atoms with van der Waals surface area (Å²) in [4.78, 5) is 29.2. The van der Waals surface area contributed by atoms with Crippen molar-refractivity contribution in [1.29, 1.82) is 0 Å². The monoisotopic (exact) mass is 518 g/mol. The Bertz CT molecular complexity index is 1220. The van der Waals surface area contributed by atoms with Crippen LogP contribution < -0.4 is 9.47 Å². The molecule has 0 heterocycles. The van der Waals surface area contributed by atoms with Crippen molar-refractivity contribution in [2.24, 2.45) is 0 Å². The summed E-state index contributed by atoms with van der Waals surface area (Å²) >= 11 is 3.97. The lowest BCUT2D eigenvalue weighted by molar-refractivity contribution is 0.107. The second-order valence-corrected chi connectivity index (χ2v) is 10.5. The summed E-state index contributed by atoms with van der Waals surface area (Å²) in [5.41, 5.74) is 1.11. The van der Waals surface area contributed by atoms with Gasteiger partial charge in [-0.15, -0.1) is 0 Å². The van der Waals surface area contributed by atoms with Crippen molar-refractivity contribution >= 4 is 45.5 Å². The Hall–Kier alpha value is -3.13. The first-order valence-electron chi connectivity index (χ1n) is 10.7. The van der Waals surface area contributed by atoms with E-state index in [1.165, 1.54) is 23.5 Å². The van der Waals surface area contributed by atoms with E-state index >= 15 is 0 Å². The minimum absolute atomic E-state index is 0.0568. The van der Waals surface area contributed by atoms with Crippen LogP contribution in [-0.2, 0) is 0 Å². The number of ether oxygens (including phenoxy) is 2. The molecule has 0 aromatic heterocycles. The zero-order chi connectivity index (χ0) is 24.6. The highest BCUT2D eigenvalue weighted by Crippen LogP contribution is 2.34. The van der Waals surface area contributed by atoms with Crippen molar-refractivity contribution in [3.05, 3.63) is 108 Å². The Morgan fingerprint density at radius 1 is 0.514 bits per heavy atom. The zero-order valence-electron chi connectivity index (χ0n) is 19.1. The maximum atomic E-state index is 12.6. The molecule has 4 aromatic rings. The van der Waals surface area contributed by atoms with Crippen molar-refractivity contribution in [2.75, 3.05) is 14.2 Å². The van der Waals surface area contributed by atoms with Gasteiger partial charge in [-0.25, -0.2) is 0 Å². The Morgan fingerprint density at radius 2 is 0.857 bits per heavy atom. The van der Waals surface area contributed by atoms with Gasteiger partial charge in [0, 0.05) is 19.6 Å². The van der Waals surface area contributed by atoms with Crippen LogP contribution in [0.15, 0.2) is 117 Å². The maximum absolute atomic E-state index is 12.6. The Labute approximate surface area is 217 Å². The molecule has 4 rings (SSSR count). The van der Waals surface area contributed by atoms with Crippen molar-refractivity contribution < 1.29 is 19.1 Å². The first-order valence-corrected chi connectivity index (χ1v) is 13.1. The van der Waals surface area contributed by atoms with Gasteiger partial charge in [-0.2, -0.15) is 0 Å². The number of benzene rings is 4. The SMILES string of the molecule is COc1ccccc1C(=O)Sc1ccc(Sc2ccc(SC(=O)c3ccccc3OC)cc2)cc1. The van der Waals surface area contributed by atoms with E-state index < -0.39 is 0 Å². The number of methoxy groups -OCH3 is 2. The molecular weight excluding hydrogens is 497 g/mol. The van der Waals surface area contributed by atoms with Gasteiger partial charge in [0.1, 0.15) is 11.5 Å². The highest BCUT2D eigenvalue weighted by molar-refractivity contribution is 8.14. The Kier molecular flexibility index (Phi) is 8.58. The first kappa shape index (κ1) is 25.0. The fourth-order valence-corrected chi connectivity index (χ4v) is 5.58. The van der Waals surface area contributed by atoms with Crippen LogP contribution >= 0.6 is 35.3 Å². The third kappa shape index (κ3) is 6.51. The number of carbonyl (C=O) groups is 2. The molecule has 0 radical (unpaired) electrons. The van der Waals surface area contributed by atoms with Crippen LogP contribution in [0.5, 0.6) is 11.5 Å². The third-order valence-corrected chi connectivity index (χ3v) is 7.80. The number of para-hydroxylation sites is 2. The average molecular weight is 519 g/mol. The lowest BCUT2D eigenvalue weighted by Crippen LogP contribution is -1.97. The molecule has 0 amide bonds. The summed E-state index contributed by atoms with van der Waals surface area (Å²) in [5.74, 6) is 1.15. The van der Waals surface area contributed by atoms with Crippen molar-refractivity contribution in [1.82, 2.24) is 0 Å². The lowest BCUT2D eigenvalue weighted by atomic mass is 10.2. The van der Waals surface area contributed by atoms with E-state index in [0.717, 1.165) is 19.6 Å². The lowest BCUT2D eigenvalue weighted by Gasteiger charge is -2.08. The van der Waals surface area contributed by atoms with E-state index in [0.29, 0.717) is 22.6 Å². The summed E-state index contributed by atoms with van der Waals surface area (Å²) in [5, 5.41) is -0.114. The predicted octanol–water partition coefficient (Wildman–Crippen LogP) is 7.72. The predicted molar refractivity (Wildman–Crippen MR) is 143 cm³/mol. The molecule has 4 nitrogen and oxygen atoms in total. The van der Waals surface area contributed by atoms with E-state index in [9.17, 15) is 9.59 Å².